The second-order valence-corrected chi connectivity index (χ2v) is 3.75. The number of amidine groups is 1. The number of hydrogen-bond donors (Lipinski definition) is 3. The van der Waals surface area contributed by atoms with E-state index in [1.807, 2.05) is 0 Å². The van der Waals surface area contributed by atoms with Crippen LogP contribution in [0.3, 0.4) is 0 Å². The van der Waals surface area contributed by atoms with Gasteiger partial charge in [-0.05, 0) is 19.1 Å². The third-order valence-corrected chi connectivity index (χ3v) is 2.47. The number of nitrogens with two attached hydrogens (primary N) is 2. The van der Waals surface area contributed by atoms with Crippen LogP contribution < -0.4 is 16.8 Å². The van der Waals surface area contributed by atoms with Gasteiger partial charge in [-0.25, -0.2) is 0 Å². The molecule has 5 nitrogen and oxygen atoms in total. The lowest BCUT2D eigenvalue weighted by Gasteiger charge is -2.11. The summed E-state index contributed by atoms with van der Waals surface area (Å²) in [6.07, 6.45) is 0. The maximum absolute atomic E-state index is 11.6. The number of nitrogens with zero attached hydrogens (tertiary/aromatic N) is 1. The van der Waals surface area contributed by atoms with Gasteiger partial charge in [0.05, 0.1) is 12.1 Å². The van der Waals surface area contributed by atoms with Crippen LogP contribution in [0.25, 0.3) is 0 Å². The number of nitrogens with one attached hydrogen (secondary N) is 1. The molecule has 0 unspecified atom stereocenters. The Bertz CT molecular complexity index is 479. The molecular formula is C11H14N4O. The fraction of sp³-hybridized carbons (Fsp3) is 0.273. The summed E-state index contributed by atoms with van der Waals surface area (Å²) in [6.45, 7) is 2.98. The second-order valence-electron chi connectivity index (χ2n) is 3.75. The van der Waals surface area contributed by atoms with Crippen molar-refractivity contribution in [3.8, 4) is 0 Å². The van der Waals surface area contributed by atoms with Crippen LogP contribution in [0.2, 0.25) is 0 Å². The molecule has 84 valence electrons. The highest BCUT2D eigenvalue weighted by Crippen LogP contribution is 2.23. The molecule has 1 heterocycles. The molecule has 0 saturated heterocycles. The van der Waals surface area contributed by atoms with Gasteiger partial charge in [0.15, 0.2) is 5.78 Å². The maximum Gasteiger partial charge on any atom is 0.162 e. The summed E-state index contributed by atoms with van der Waals surface area (Å²) in [4.78, 5) is 15.8. The number of rotatable bonds is 2. The number of hydrogen-bond acceptors (Lipinski definition) is 5. The van der Waals surface area contributed by atoms with E-state index in [0.717, 1.165) is 6.54 Å². The number of ketones is 1. The van der Waals surface area contributed by atoms with E-state index in [1.54, 1.807) is 12.1 Å². The van der Waals surface area contributed by atoms with Gasteiger partial charge in [-0.2, -0.15) is 0 Å². The number of carbonyl (C=O) groups is 1. The van der Waals surface area contributed by atoms with E-state index >= 15 is 0 Å². The SMILES string of the molecule is CC(=O)c1c(N)cc(N)cc1C1=NCCN1. The van der Waals surface area contributed by atoms with Crippen molar-refractivity contribution in [2.45, 2.75) is 6.92 Å². The van der Waals surface area contributed by atoms with Gasteiger partial charge in [-0.1, -0.05) is 0 Å². The van der Waals surface area contributed by atoms with Crippen LogP contribution in [-0.4, -0.2) is 24.7 Å². The quantitative estimate of drug-likeness (QED) is 0.495. The fourth-order valence-electron chi connectivity index (χ4n) is 1.85. The zero-order valence-electron chi connectivity index (χ0n) is 9.08. The van der Waals surface area contributed by atoms with Gasteiger partial charge >= 0.3 is 0 Å². The number of anilines is 2. The third-order valence-electron chi connectivity index (χ3n) is 2.47. The molecular weight excluding hydrogens is 204 g/mol. The molecule has 5 N–H and O–H groups in total. The Labute approximate surface area is 93.5 Å². The first kappa shape index (κ1) is 10.5. The van der Waals surface area contributed by atoms with Crippen molar-refractivity contribution in [2.24, 2.45) is 4.99 Å². The van der Waals surface area contributed by atoms with E-state index in [0.29, 0.717) is 34.9 Å². The van der Waals surface area contributed by atoms with Crippen molar-refractivity contribution < 1.29 is 4.79 Å². The van der Waals surface area contributed by atoms with Gasteiger partial charge in [0.2, 0.25) is 0 Å². The Morgan fingerprint density at radius 1 is 1.44 bits per heavy atom. The van der Waals surface area contributed by atoms with Crippen molar-refractivity contribution >= 4 is 23.0 Å². The molecule has 0 bridgehead atoms. The third kappa shape index (κ3) is 1.71. The lowest BCUT2D eigenvalue weighted by Crippen LogP contribution is -2.22. The summed E-state index contributed by atoms with van der Waals surface area (Å²) < 4.78 is 0. The van der Waals surface area contributed by atoms with E-state index in [2.05, 4.69) is 10.3 Å². The van der Waals surface area contributed by atoms with Crippen LogP contribution >= 0.6 is 0 Å². The molecule has 0 aromatic heterocycles. The molecule has 1 aromatic carbocycles. The van der Waals surface area contributed by atoms with E-state index in [1.165, 1.54) is 6.92 Å². The highest BCUT2D eigenvalue weighted by Gasteiger charge is 2.18. The lowest BCUT2D eigenvalue weighted by atomic mass is 10.0. The van der Waals surface area contributed by atoms with Crippen LogP contribution in [0.4, 0.5) is 11.4 Å². The summed E-state index contributed by atoms with van der Waals surface area (Å²) in [6, 6.07) is 3.32. The number of Topliss-reactive ketones (excluding diaryl/α,β-unsaturated/α-hetero) is 1. The van der Waals surface area contributed by atoms with E-state index in [4.69, 9.17) is 11.5 Å². The van der Waals surface area contributed by atoms with Crippen LogP contribution in [-0.2, 0) is 0 Å². The fourth-order valence-corrected chi connectivity index (χ4v) is 1.85. The molecule has 2 rings (SSSR count). The smallest absolute Gasteiger partial charge is 0.162 e. The lowest BCUT2D eigenvalue weighted by molar-refractivity contribution is 0.101. The largest absolute Gasteiger partial charge is 0.399 e. The molecule has 1 aromatic rings. The molecule has 16 heavy (non-hydrogen) atoms. The van der Waals surface area contributed by atoms with Crippen molar-refractivity contribution in [1.82, 2.24) is 5.32 Å². The Morgan fingerprint density at radius 3 is 2.75 bits per heavy atom. The first-order chi connectivity index (χ1) is 7.59. The average molecular weight is 218 g/mol. The highest BCUT2D eigenvalue weighted by molar-refractivity contribution is 6.13. The standard InChI is InChI=1S/C11H14N4O/c1-6(16)10-8(11-14-2-3-15-11)4-7(12)5-9(10)13/h4-5H,2-3,12-13H2,1H3,(H,14,15). The zero-order chi connectivity index (χ0) is 11.7. The summed E-state index contributed by atoms with van der Waals surface area (Å²) in [5, 5.41) is 3.11. The van der Waals surface area contributed by atoms with E-state index < -0.39 is 0 Å². The van der Waals surface area contributed by atoms with Gasteiger partial charge in [0.1, 0.15) is 5.84 Å². The number of carbonyl (C=O) groups excluding carboxylic acids is 1. The van der Waals surface area contributed by atoms with Gasteiger partial charge in [-0.3, -0.25) is 9.79 Å². The minimum absolute atomic E-state index is 0.0797. The summed E-state index contributed by atoms with van der Waals surface area (Å²) >= 11 is 0. The highest BCUT2D eigenvalue weighted by atomic mass is 16.1. The number of benzene rings is 1. The predicted molar refractivity (Wildman–Crippen MR) is 64.7 cm³/mol. The van der Waals surface area contributed by atoms with E-state index in [9.17, 15) is 4.79 Å². The summed E-state index contributed by atoms with van der Waals surface area (Å²) in [5.41, 5.74) is 13.7. The molecule has 1 aliphatic heterocycles. The average Bonchev–Trinajstić information content (AvgIpc) is 2.67. The van der Waals surface area contributed by atoms with Gasteiger partial charge in [-0.15, -0.1) is 0 Å². The molecule has 0 amide bonds. The monoisotopic (exact) mass is 218 g/mol. The molecule has 5 heteroatoms. The normalized spacial score (nSPS) is 14.4. The van der Waals surface area contributed by atoms with Crippen molar-refractivity contribution in [2.75, 3.05) is 24.6 Å². The van der Waals surface area contributed by atoms with Crippen molar-refractivity contribution in [3.63, 3.8) is 0 Å². The molecule has 1 aliphatic rings. The zero-order valence-corrected chi connectivity index (χ0v) is 9.08. The number of nitrogen functional groups attached to an aromatic ring is 2. The molecule has 0 saturated carbocycles. The first-order valence-electron chi connectivity index (χ1n) is 5.08. The Hall–Kier alpha value is -2.04. The second kappa shape index (κ2) is 3.84. The molecule has 0 spiro atoms. The van der Waals surface area contributed by atoms with Crippen LogP contribution in [0.1, 0.15) is 22.8 Å². The van der Waals surface area contributed by atoms with E-state index in [-0.39, 0.29) is 5.78 Å². The molecule has 0 aliphatic carbocycles. The van der Waals surface area contributed by atoms with Gasteiger partial charge in [0.25, 0.3) is 0 Å². The predicted octanol–water partition coefficient (Wildman–Crippen LogP) is 0.403. The minimum Gasteiger partial charge on any atom is -0.399 e. The topological polar surface area (TPSA) is 93.5 Å². The Morgan fingerprint density at radius 2 is 2.19 bits per heavy atom. The van der Waals surface area contributed by atoms with Crippen LogP contribution in [0, 0.1) is 0 Å². The van der Waals surface area contributed by atoms with Crippen molar-refractivity contribution in [3.05, 3.63) is 23.3 Å². The Balaban J connectivity index is 2.61. The Kier molecular flexibility index (Phi) is 2.52. The summed E-state index contributed by atoms with van der Waals surface area (Å²) in [5.74, 6) is 0.619. The first-order valence-corrected chi connectivity index (χ1v) is 5.08. The van der Waals surface area contributed by atoms with Crippen LogP contribution in [0.5, 0.6) is 0 Å². The minimum atomic E-state index is -0.0797. The van der Waals surface area contributed by atoms with Crippen molar-refractivity contribution in [1.29, 1.82) is 0 Å². The molecule has 0 radical (unpaired) electrons. The maximum atomic E-state index is 11.6. The summed E-state index contributed by atoms with van der Waals surface area (Å²) in [7, 11) is 0. The van der Waals surface area contributed by atoms with Crippen LogP contribution in [0.15, 0.2) is 17.1 Å². The van der Waals surface area contributed by atoms with Gasteiger partial charge in [0, 0.05) is 23.5 Å². The van der Waals surface area contributed by atoms with Gasteiger partial charge < -0.3 is 16.8 Å². The molecule has 0 fully saturated rings. The number of aliphatic imine (C=N–C) groups is 1. The molecule has 0 atom stereocenters.